The van der Waals surface area contributed by atoms with Gasteiger partial charge in [0.25, 0.3) is 5.91 Å². The van der Waals surface area contributed by atoms with E-state index in [0.717, 1.165) is 41.5 Å². The lowest BCUT2D eigenvalue weighted by atomic mass is 9.99. The highest BCUT2D eigenvalue weighted by Gasteiger charge is 2.20. The fraction of sp³-hybridized carbons (Fsp3) is 0.438. The number of carbonyl (C=O) groups excluding carboxylic acids is 1. The second-order valence-corrected chi connectivity index (χ2v) is 7.28. The number of benzene rings is 1. The molecule has 0 bridgehead atoms. The van der Waals surface area contributed by atoms with Crippen molar-refractivity contribution in [2.75, 3.05) is 27.2 Å². The molecule has 130 valence electrons. The Morgan fingerprint density at radius 1 is 1.29 bits per heavy atom. The van der Waals surface area contributed by atoms with Crippen LogP contribution in [0.1, 0.15) is 34.1 Å². The van der Waals surface area contributed by atoms with Crippen molar-refractivity contribution in [3.05, 3.63) is 33.8 Å². The maximum absolute atomic E-state index is 12.0. The van der Waals surface area contributed by atoms with Crippen LogP contribution < -0.4 is 5.32 Å². The summed E-state index contributed by atoms with van der Waals surface area (Å²) in [5.41, 5.74) is 1.41. The Morgan fingerprint density at radius 3 is 2.62 bits per heavy atom. The van der Waals surface area contributed by atoms with Crippen LogP contribution >= 0.6 is 35.3 Å². The van der Waals surface area contributed by atoms with Crippen LogP contribution in [0, 0.1) is 0 Å². The number of rotatable bonds is 3. The van der Waals surface area contributed by atoms with Crippen LogP contribution in [0.4, 0.5) is 0 Å². The molecule has 1 aliphatic rings. The zero-order chi connectivity index (χ0) is 16.4. The van der Waals surface area contributed by atoms with Crippen molar-refractivity contribution in [1.82, 2.24) is 20.4 Å². The molecule has 3 rings (SSSR count). The number of aromatic nitrogens is 2. The highest BCUT2D eigenvalue weighted by Crippen LogP contribution is 2.33. The maximum atomic E-state index is 12.0. The van der Waals surface area contributed by atoms with Crippen LogP contribution in [0.2, 0.25) is 5.02 Å². The molecule has 0 spiro atoms. The number of amides is 1. The Balaban J connectivity index is 0.00000208. The summed E-state index contributed by atoms with van der Waals surface area (Å²) < 4.78 is 0. The van der Waals surface area contributed by atoms with Crippen molar-refractivity contribution in [1.29, 1.82) is 0 Å². The number of nitrogens with one attached hydrogen (secondary N) is 1. The molecule has 5 nitrogen and oxygen atoms in total. The molecule has 24 heavy (non-hydrogen) atoms. The molecule has 0 aliphatic carbocycles. The monoisotopic (exact) mass is 386 g/mol. The number of piperidine rings is 1. The minimum Gasteiger partial charge on any atom is -0.345 e. The van der Waals surface area contributed by atoms with Gasteiger partial charge < -0.3 is 10.2 Å². The van der Waals surface area contributed by atoms with Crippen molar-refractivity contribution in [2.45, 2.75) is 18.8 Å². The minimum atomic E-state index is -0.103. The molecule has 1 aromatic carbocycles. The molecule has 0 radical (unpaired) electrons. The van der Waals surface area contributed by atoms with E-state index < -0.39 is 0 Å². The van der Waals surface area contributed by atoms with E-state index >= 15 is 0 Å². The Kier molecular flexibility index (Phi) is 6.57. The second kappa shape index (κ2) is 8.25. The highest BCUT2D eigenvalue weighted by atomic mass is 35.5. The zero-order valence-corrected chi connectivity index (χ0v) is 16.0. The SMILES string of the molecule is CN(C)C(=O)c1ccc(-c2nnc(C3CCNCC3)s2)cc1Cl.Cl. The topological polar surface area (TPSA) is 58.1 Å². The zero-order valence-electron chi connectivity index (χ0n) is 13.6. The van der Waals surface area contributed by atoms with Crippen LogP contribution in [0.15, 0.2) is 18.2 Å². The Bertz CT molecular complexity index is 714. The summed E-state index contributed by atoms with van der Waals surface area (Å²) in [5, 5.41) is 14.4. The first-order chi connectivity index (χ1) is 11.1. The lowest BCUT2D eigenvalue weighted by Gasteiger charge is -2.19. The standard InChI is InChI=1S/C16H19ClN4OS.ClH/c1-21(2)16(22)12-4-3-11(9-13(12)17)15-20-19-14(23-15)10-5-7-18-8-6-10;/h3-4,9-10,18H,5-8H2,1-2H3;1H. The average molecular weight is 387 g/mol. The summed E-state index contributed by atoms with van der Waals surface area (Å²) in [4.78, 5) is 13.5. The van der Waals surface area contributed by atoms with Gasteiger partial charge in [0.15, 0.2) is 0 Å². The molecule has 1 saturated heterocycles. The fourth-order valence-electron chi connectivity index (χ4n) is 2.65. The van der Waals surface area contributed by atoms with E-state index in [1.807, 2.05) is 6.07 Å². The van der Waals surface area contributed by atoms with Gasteiger partial charge in [-0.05, 0) is 38.1 Å². The third-order valence-corrected chi connectivity index (χ3v) is 5.43. The van der Waals surface area contributed by atoms with Crippen LogP contribution in [0.3, 0.4) is 0 Å². The molecule has 1 fully saturated rings. The van der Waals surface area contributed by atoms with Gasteiger partial charge in [0, 0.05) is 25.6 Å². The summed E-state index contributed by atoms with van der Waals surface area (Å²) in [7, 11) is 3.42. The highest BCUT2D eigenvalue weighted by molar-refractivity contribution is 7.14. The van der Waals surface area contributed by atoms with E-state index in [1.165, 1.54) is 4.90 Å². The molecular formula is C16H20Cl2N4OS. The summed E-state index contributed by atoms with van der Waals surface area (Å²) >= 11 is 7.89. The molecule has 1 amide bonds. The van der Waals surface area contributed by atoms with Gasteiger partial charge in [-0.25, -0.2) is 0 Å². The van der Waals surface area contributed by atoms with E-state index in [-0.39, 0.29) is 18.3 Å². The van der Waals surface area contributed by atoms with Gasteiger partial charge in [-0.15, -0.1) is 22.6 Å². The predicted molar refractivity (Wildman–Crippen MR) is 100 cm³/mol. The van der Waals surface area contributed by atoms with Gasteiger partial charge in [-0.1, -0.05) is 29.0 Å². The summed E-state index contributed by atoms with van der Waals surface area (Å²) in [6.07, 6.45) is 2.21. The molecule has 2 heterocycles. The van der Waals surface area contributed by atoms with E-state index in [1.54, 1.807) is 37.6 Å². The van der Waals surface area contributed by atoms with E-state index in [2.05, 4.69) is 15.5 Å². The van der Waals surface area contributed by atoms with Crippen molar-refractivity contribution < 1.29 is 4.79 Å². The van der Waals surface area contributed by atoms with Gasteiger partial charge >= 0.3 is 0 Å². The quantitative estimate of drug-likeness (QED) is 0.877. The molecule has 8 heteroatoms. The Hall–Kier alpha value is -1.21. The molecule has 2 aromatic rings. The molecular weight excluding hydrogens is 367 g/mol. The maximum Gasteiger partial charge on any atom is 0.254 e. The van der Waals surface area contributed by atoms with Crippen LogP contribution in [-0.4, -0.2) is 48.2 Å². The van der Waals surface area contributed by atoms with E-state index in [0.29, 0.717) is 16.5 Å². The molecule has 0 unspecified atom stereocenters. The van der Waals surface area contributed by atoms with E-state index in [4.69, 9.17) is 11.6 Å². The predicted octanol–water partition coefficient (Wildman–Crippen LogP) is 3.45. The lowest BCUT2D eigenvalue weighted by Crippen LogP contribution is -2.26. The van der Waals surface area contributed by atoms with Gasteiger partial charge in [0.2, 0.25) is 0 Å². The fourth-order valence-corrected chi connectivity index (χ4v) is 3.92. The number of halogens is 2. The van der Waals surface area contributed by atoms with Gasteiger partial charge in [-0.3, -0.25) is 4.79 Å². The number of hydrogen-bond donors (Lipinski definition) is 1. The molecule has 1 aromatic heterocycles. The first-order valence-electron chi connectivity index (χ1n) is 7.62. The smallest absolute Gasteiger partial charge is 0.254 e. The van der Waals surface area contributed by atoms with Gasteiger partial charge in [0.1, 0.15) is 10.0 Å². The third kappa shape index (κ3) is 4.06. The van der Waals surface area contributed by atoms with Crippen molar-refractivity contribution in [2.24, 2.45) is 0 Å². The first-order valence-corrected chi connectivity index (χ1v) is 8.81. The Morgan fingerprint density at radius 2 is 2.00 bits per heavy atom. The normalized spacial score (nSPS) is 15.0. The molecule has 1 N–H and O–H groups in total. The van der Waals surface area contributed by atoms with Crippen LogP contribution in [0.5, 0.6) is 0 Å². The largest absolute Gasteiger partial charge is 0.345 e. The molecule has 0 saturated carbocycles. The van der Waals surface area contributed by atoms with Crippen molar-refractivity contribution in [3.8, 4) is 10.6 Å². The summed E-state index contributed by atoms with van der Waals surface area (Å²) in [6, 6.07) is 5.44. The minimum absolute atomic E-state index is 0. The second-order valence-electron chi connectivity index (χ2n) is 5.86. The molecule has 1 aliphatic heterocycles. The number of nitrogens with zero attached hydrogens (tertiary/aromatic N) is 3. The van der Waals surface area contributed by atoms with E-state index in [9.17, 15) is 4.79 Å². The van der Waals surface area contributed by atoms with Crippen molar-refractivity contribution in [3.63, 3.8) is 0 Å². The lowest BCUT2D eigenvalue weighted by molar-refractivity contribution is 0.0828. The third-order valence-electron chi connectivity index (χ3n) is 3.98. The van der Waals surface area contributed by atoms with Gasteiger partial charge in [-0.2, -0.15) is 0 Å². The summed E-state index contributed by atoms with van der Waals surface area (Å²) in [5.74, 6) is 0.391. The van der Waals surface area contributed by atoms with Crippen LogP contribution in [-0.2, 0) is 0 Å². The van der Waals surface area contributed by atoms with Crippen LogP contribution in [0.25, 0.3) is 10.6 Å². The van der Waals surface area contributed by atoms with Gasteiger partial charge in [0.05, 0.1) is 10.6 Å². The first kappa shape index (κ1) is 19.1. The Labute approximate surface area is 156 Å². The number of hydrogen-bond acceptors (Lipinski definition) is 5. The average Bonchev–Trinajstić information content (AvgIpc) is 3.05. The summed E-state index contributed by atoms with van der Waals surface area (Å²) in [6.45, 7) is 2.07. The number of carbonyl (C=O) groups is 1. The molecule has 0 atom stereocenters. The van der Waals surface area contributed by atoms with Crippen molar-refractivity contribution >= 4 is 41.3 Å².